The van der Waals surface area contributed by atoms with Crippen LogP contribution in [0.4, 0.5) is 0 Å². The Bertz CT molecular complexity index is 313. The normalized spacial score (nSPS) is 14.9. The van der Waals surface area contributed by atoms with Crippen molar-refractivity contribution in [2.75, 3.05) is 20.3 Å². The summed E-state index contributed by atoms with van der Waals surface area (Å²) in [6.07, 6.45) is 0.978. The van der Waals surface area contributed by atoms with Crippen LogP contribution in [0.1, 0.15) is 33.6 Å². The molecule has 0 aliphatic rings. The molecule has 0 heterocycles. The lowest BCUT2D eigenvalue weighted by atomic mass is 9.91. The molecule has 0 saturated heterocycles. The van der Waals surface area contributed by atoms with Gasteiger partial charge < -0.3 is 19.3 Å². The summed E-state index contributed by atoms with van der Waals surface area (Å²) in [5, 5.41) is 8.29. The van der Waals surface area contributed by atoms with Crippen LogP contribution in [0.25, 0.3) is 0 Å². The van der Waals surface area contributed by atoms with Crippen LogP contribution in [-0.4, -0.2) is 53.4 Å². The summed E-state index contributed by atoms with van der Waals surface area (Å²) < 4.78 is 15.6. The molecule has 1 unspecified atom stereocenters. The SMILES string of the molecule is CCCC([SiH3])(C(=O)OC)C(OCC)(OCC)C(=O)O. The first kappa shape index (κ1) is 18.1. The molecule has 0 amide bonds. The number of rotatable bonds is 9. The molecule has 7 heteroatoms. The van der Waals surface area contributed by atoms with E-state index in [2.05, 4.69) is 0 Å². The number of hydrogen-bond acceptors (Lipinski definition) is 5. The molecule has 112 valence electrons. The molecule has 0 radical (unpaired) electrons. The summed E-state index contributed by atoms with van der Waals surface area (Å²) >= 11 is 0. The number of esters is 1. The summed E-state index contributed by atoms with van der Waals surface area (Å²) in [5.74, 6) is -3.85. The molecule has 0 bridgehead atoms. The van der Waals surface area contributed by atoms with E-state index >= 15 is 0 Å². The maximum atomic E-state index is 12.1. The lowest BCUT2D eigenvalue weighted by Gasteiger charge is -2.42. The molecule has 0 aliphatic heterocycles. The van der Waals surface area contributed by atoms with Crippen molar-refractivity contribution in [3.63, 3.8) is 0 Å². The molecule has 1 N–H and O–H groups in total. The standard InChI is InChI=1S/C12H24O6Si/c1-5-8-11(19,10(15)16-4)12(9(13)14,17-6-2)18-7-3/h5-8H2,1-4,19H3,(H,13,14). The summed E-state index contributed by atoms with van der Waals surface area (Å²) in [7, 11) is 1.49. The van der Waals surface area contributed by atoms with Crippen LogP contribution in [0, 0.1) is 0 Å². The van der Waals surface area contributed by atoms with Crippen LogP contribution in [0.15, 0.2) is 0 Å². The molecule has 0 saturated carbocycles. The first-order valence-electron chi connectivity index (χ1n) is 6.45. The van der Waals surface area contributed by atoms with Gasteiger partial charge in [-0.15, -0.1) is 0 Å². The Hall–Kier alpha value is -0.923. The molecular weight excluding hydrogens is 268 g/mol. The molecule has 6 nitrogen and oxygen atoms in total. The van der Waals surface area contributed by atoms with E-state index in [0.717, 1.165) is 0 Å². The number of hydrogen-bond donors (Lipinski definition) is 1. The predicted molar refractivity (Wildman–Crippen MR) is 73.2 cm³/mol. The van der Waals surface area contributed by atoms with Crippen LogP contribution in [0.5, 0.6) is 0 Å². The van der Waals surface area contributed by atoms with Crippen molar-refractivity contribution in [3.05, 3.63) is 0 Å². The molecule has 1 atom stereocenters. The zero-order valence-electron chi connectivity index (χ0n) is 12.3. The van der Waals surface area contributed by atoms with Crippen molar-refractivity contribution in [3.8, 4) is 0 Å². The van der Waals surface area contributed by atoms with Crippen LogP contribution in [-0.2, 0) is 23.8 Å². The summed E-state index contributed by atoms with van der Waals surface area (Å²) in [6.45, 7) is 5.48. The van der Waals surface area contributed by atoms with Gasteiger partial charge in [-0.05, 0) is 20.3 Å². The van der Waals surface area contributed by atoms with E-state index in [0.29, 0.717) is 12.8 Å². The Balaban J connectivity index is 5.84. The van der Waals surface area contributed by atoms with Crippen LogP contribution >= 0.6 is 0 Å². The van der Waals surface area contributed by atoms with Crippen molar-refractivity contribution in [1.29, 1.82) is 0 Å². The van der Waals surface area contributed by atoms with E-state index < -0.39 is 22.8 Å². The number of carbonyl (C=O) groups excluding carboxylic acids is 1. The molecular formula is C12H24O6Si. The molecule has 0 aliphatic carbocycles. The number of carboxylic acids is 1. The fraction of sp³-hybridized carbons (Fsp3) is 0.833. The number of carboxylic acid groups (broad SMARTS) is 1. The summed E-state index contributed by atoms with van der Waals surface area (Å²) in [5.41, 5.74) is 0. The van der Waals surface area contributed by atoms with Gasteiger partial charge in [-0.2, -0.15) is 0 Å². The van der Waals surface area contributed by atoms with E-state index in [1.54, 1.807) is 13.8 Å². The van der Waals surface area contributed by atoms with Gasteiger partial charge in [0.2, 0.25) is 0 Å². The Labute approximate surface area is 116 Å². The van der Waals surface area contributed by atoms with Crippen LogP contribution in [0.2, 0.25) is 5.04 Å². The largest absolute Gasteiger partial charge is 0.477 e. The van der Waals surface area contributed by atoms with Crippen molar-refractivity contribution in [1.82, 2.24) is 0 Å². The van der Waals surface area contributed by atoms with Crippen LogP contribution < -0.4 is 0 Å². The fourth-order valence-corrected chi connectivity index (χ4v) is 3.46. The first-order valence-corrected chi connectivity index (χ1v) is 7.45. The third-order valence-electron chi connectivity index (χ3n) is 3.09. The van der Waals surface area contributed by atoms with E-state index in [1.807, 2.05) is 6.92 Å². The van der Waals surface area contributed by atoms with Crippen molar-refractivity contribution in [2.45, 2.75) is 44.4 Å². The van der Waals surface area contributed by atoms with Crippen molar-refractivity contribution >= 4 is 22.2 Å². The summed E-state index contributed by atoms with van der Waals surface area (Å²) in [4.78, 5) is 23.8. The highest BCUT2D eigenvalue weighted by Gasteiger charge is 2.61. The Kier molecular flexibility index (Phi) is 7.24. The lowest BCUT2D eigenvalue weighted by Crippen LogP contribution is -2.58. The van der Waals surface area contributed by atoms with Gasteiger partial charge in [-0.3, -0.25) is 4.79 Å². The molecule has 0 spiro atoms. The molecule has 19 heavy (non-hydrogen) atoms. The number of ether oxygens (including phenoxy) is 3. The van der Waals surface area contributed by atoms with Gasteiger partial charge in [-0.25, -0.2) is 4.79 Å². The zero-order chi connectivity index (χ0) is 15.1. The van der Waals surface area contributed by atoms with Gasteiger partial charge in [-0.1, -0.05) is 13.3 Å². The van der Waals surface area contributed by atoms with Gasteiger partial charge in [0.05, 0.1) is 7.11 Å². The maximum Gasteiger partial charge on any atom is 0.365 e. The second-order valence-corrected chi connectivity index (χ2v) is 6.07. The van der Waals surface area contributed by atoms with Gasteiger partial charge in [0.1, 0.15) is 5.04 Å². The van der Waals surface area contributed by atoms with E-state index in [-0.39, 0.29) is 23.5 Å². The average molecular weight is 292 g/mol. The van der Waals surface area contributed by atoms with Gasteiger partial charge in [0, 0.05) is 23.5 Å². The van der Waals surface area contributed by atoms with Gasteiger partial charge in [0.15, 0.2) is 0 Å². The third kappa shape index (κ3) is 3.34. The molecule has 0 rings (SSSR count). The smallest absolute Gasteiger partial charge is 0.365 e. The molecule has 0 fully saturated rings. The lowest BCUT2D eigenvalue weighted by molar-refractivity contribution is -0.260. The van der Waals surface area contributed by atoms with Gasteiger partial charge >= 0.3 is 11.9 Å². The van der Waals surface area contributed by atoms with Crippen molar-refractivity contribution in [2.24, 2.45) is 0 Å². The second kappa shape index (κ2) is 7.61. The number of methoxy groups -OCH3 is 1. The minimum absolute atomic E-state index is 0.136. The van der Waals surface area contributed by atoms with E-state index in [9.17, 15) is 14.7 Å². The van der Waals surface area contributed by atoms with Gasteiger partial charge in [0.25, 0.3) is 5.79 Å². The quantitative estimate of drug-likeness (QED) is 0.375. The zero-order valence-corrected chi connectivity index (χ0v) is 14.3. The first-order chi connectivity index (χ1) is 8.86. The Morgan fingerprint density at radius 3 is 1.89 bits per heavy atom. The Morgan fingerprint density at radius 1 is 1.16 bits per heavy atom. The van der Waals surface area contributed by atoms with E-state index in [1.165, 1.54) is 7.11 Å². The number of aliphatic carboxylic acids is 1. The van der Waals surface area contributed by atoms with Crippen molar-refractivity contribution < 1.29 is 28.9 Å². The summed E-state index contributed by atoms with van der Waals surface area (Å²) in [6, 6.07) is 0. The third-order valence-corrected chi connectivity index (χ3v) is 4.66. The topological polar surface area (TPSA) is 82.1 Å². The monoisotopic (exact) mass is 292 g/mol. The minimum Gasteiger partial charge on any atom is -0.477 e. The van der Waals surface area contributed by atoms with E-state index in [4.69, 9.17) is 14.2 Å². The average Bonchev–Trinajstić information content (AvgIpc) is 2.37. The molecule has 0 aromatic carbocycles. The minimum atomic E-state index is -1.97. The maximum absolute atomic E-state index is 12.1. The molecule has 0 aromatic rings. The highest BCUT2D eigenvalue weighted by Crippen LogP contribution is 2.45. The predicted octanol–water partition coefficient (Wildman–Crippen LogP) is 0.337. The second-order valence-electron chi connectivity index (χ2n) is 4.36. The highest BCUT2D eigenvalue weighted by atomic mass is 28.1. The number of carbonyl (C=O) groups is 2. The molecule has 0 aromatic heterocycles. The van der Waals surface area contributed by atoms with Crippen LogP contribution in [0.3, 0.4) is 0 Å². The Morgan fingerprint density at radius 2 is 1.63 bits per heavy atom. The highest BCUT2D eigenvalue weighted by molar-refractivity contribution is 6.30. The fourth-order valence-electron chi connectivity index (χ4n) is 2.25.